The standard InChI is InChI=1S/C24H19F3N2O4/c1-2-33-21(31)17-11-28-19-10-14(3-5-16(19)20(17)30)13-4-6-18-15(9-13)12-29(23(18)7-8-23)22(32)24(25,26)27/h3-6,9-11H,2,7-8,12H2,1H3,(H,28,30). The van der Waals surface area contributed by atoms with Crippen molar-refractivity contribution in [2.45, 2.75) is 38.0 Å². The molecule has 1 aromatic heterocycles. The molecule has 170 valence electrons. The van der Waals surface area contributed by atoms with Crippen LogP contribution in [0.1, 0.15) is 41.3 Å². The smallest absolute Gasteiger partial charge is 0.462 e. The Hall–Kier alpha value is -3.62. The molecule has 33 heavy (non-hydrogen) atoms. The van der Waals surface area contributed by atoms with E-state index in [2.05, 4.69) is 4.98 Å². The maximum Gasteiger partial charge on any atom is 0.471 e. The summed E-state index contributed by atoms with van der Waals surface area (Å²) in [6.45, 7) is 1.72. The van der Waals surface area contributed by atoms with Gasteiger partial charge in [0.2, 0.25) is 5.43 Å². The van der Waals surface area contributed by atoms with E-state index >= 15 is 0 Å². The number of esters is 1. The molecule has 6 nitrogen and oxygen atoms in total. The molecule has 1 aliphatic heterocycles. The lowest BCUT2D eigenvalue weighted by Gasteiger charge is -2.25. The number of nitrogens with one attached hydrogen (secondary N) is 1. The fourth-order valence-corrected chi connectivity index (χ4v) is 4.66. The Labute approximate surface area is 186 Å². The second-order valence-electron chi connectivity index (χ2n) is 8.30. The van der Waals surface area contributed by atoms with Gasteiger partial charge in [-0.15, -0.1) is 0 Å². The number of benzene rings is 2. The summed E-state index contributed by atoms with van der Waals surface area (Å²) in [5.41, 5.74) is 2.08. The summed E-state index contributed by atoms with van der Waals surface area (Å²) in [5.74, 6) is -2.51. The van der Waals surface area contributed by atoms with Gasteiger partial charge in [0.1, 0.15) is 5.56 Å². The van der Waals surface area contributed by atoms with Crippen LogP contribution in [0.3, 0.4) is 0 Å². The van der Waals surface area contributed by atoms with E-state index in [0.717, 1.165) is 21.6 Å². The Morgan fingerprint density at radius 3 is 2.48 bits per heavy atom. The van der Waals surface area contributed by atoms with Gasteiger partial charge in [0, 0.05) is 23.6 Å². The first kappa shape index (κ1) is 21.2. The van der Waals surface area contributed by atoms with Gasteiger partial charge in [-0.2, -0.15) is 13.2 Å². The summed E-state index contributed by atoms with van der Waals surface area (Å²) >= 11 is 0. The molecule has 0 bridgehead atoms. The number of nitrogens with zero attached hydrogens (tertiary/aromatic N) is 1. The van der Waals surface area contributed by atoms with E-state index in [1.165, 1.54) is 6.20 Å². The Bertz CT molecular complexity index is 1370. The fourth-order valence-electron chi connectivity index (χ4n) is 4.66. The monoisotopic (exact) mass is 456 g/mol. The maximum atomic E-state index is 13.1. The molecule has 1 amide bonds. The number of fused-ring (bicyclic) bond motifs is 3. The van der Waals surface area contributed by atoms with Crippen molar-refractivity contribution >= 4 is 22.8 Å². The number of rotatable bonds is 3. The number of carbonyl (C=O) groups is 2. The van der Waals surface area contributed by atoms with Crippen LogP contribution < -0.4 is 5.43 Å². The van der Waals surface area contributed by atoms with Gasteiger partial charge in [0.25, 0.3) is 0 Å². The van der Waals surface area contributed by atoms with Crippen molar-refractivity contribution in [2.24, 2.45) is 0 Å². The molecule has 2 aliphatic rings. The van der Waals surface area contributed by atoms with E-state index in [1.54, 1.807) is 37.3 Å². The van der Waals surface area contributed by atoms with Gasteiger partial charge in [0.15, 0.2) is 0 Å². The fraction of sp³-hybridized carbons (Fsp3) is 0.292. The predicted molar refractivity (Wildman–Crippen MR) is 113 cm³/mol. The Balaban J connectivity index is 1.50. The van der Waals surface area contributed by atoms with Crippen LogP contribution in [0.2, 0.25) is 0 Å². The molecule has 2 aromatic carbocycles. The molecular weight excluding hydrogens is 437 g/mol. The number of halogens is 3. The van der Waals surface area contributed by atoms with Crippen molar-refractivity contribution in [2.75, 3.05) is 6.61 Å². The van der Waals surface area contributed by atoms with Gasteiger partial charge in [-0.25, -0.2) is 4.79 Å². The van der Waals surface area contributed by atoms with Crippen LogP contribution in [0.4, 0.5) is 13.2 Å². The van der Waals surface area contributed by atoms with Gasteiger partial charge in [0.05, 0.1) is 12.1 Å². The van der Waals surface area contributed by atoms with Crippen LogP contribution >= 0.6 is 0 Å². The first-order valence-electron chi connectivity index (χ1n) is 10.5. The quantitative estimate of drug-likeness (QED) is 0.598. The van der Waals surface area contributed by atoms with Gasteiger partial charge in [-0.3, -0.25) is 9.59 Å². The average molecular weight is 456 g/mol. The van der Waals surface area contributed by atoms with E-state index < -0.39 is 29.0 Å². The molecule has 5 rings (SSSR count). The summed E-state index contributed by atoms with van der Waals surface area (Å²) in [4.78, 5) is 40.5. The Morgan fingerprint density at radius 2 is 1.82 bits per heavy atom. The number of aromatic amines is 1. The third kappa shape index (κ3) is 3.30. The third-order valence-corrected chi connectivity index (χ3v) is 6.37. The minimum atomic E-state index is -4.91. The molecule has 0 atom stereocenters. The molecule has 0 saturated heterocycles. The largest absolute Gasteiger partial charge is 0.471 e. The highest BCUT2D eigenvalue weighted by molar-refractivity contribution is 5.94. The van der Waals surface area contributed by atoms with Crippen LogP contribution in [0.25, 0.3) is 22.0 Å². The van der Waals surface area contributed by atoms with E-state index in [0.29, 0.717) is 29.3 Å². The first-order valence-corrected chi connectivity index (χ1v) is 10.5. The van der Waals surface area contributed by atoms with Crippen LogP contribution in [0.5, 0.6) is 0 Å². The van der Waals surface area contributed by atoms with Crippen LogP contribution in [-0.2, 0) is 21.6 Å². The van der Waals surface area contributed by atoms with Crippen LogP contribution in [0.15, 0.2) is 47.4 Å². The van der Waals surface area contributed by atoms with Gasteiger partial charge in [-0.05, 0) is 60.2 Å². The van der Waals surface area contributed by atoms with Crippen molar-refractivity contribution in [3.8, 4) is 11.1 Å². The van der Waals surface area contributed by atoms with E-state index in [-0.39, 0.29) is 18.7 Å². The lowest BCUT2D eigenvalue weighted by atomic mass is 9.96. The zero-order valence-electron chi connectivity index (χ0n) is 17.6. The number of hydrogen-bond acceptors (Lipinski definition) is 4. The van der Waals surface area contributed by atoms with Crippen molar-refractivity contribution in [1.29, 1.82) is 0 Å². The Kier molecular flexibility index (Phi) is 4.63. The summed E-state index contributed by atoms with van der Waals surface area (Å²) in [7, 11) is 0. The highest BCUT2D eigenvalue weighted by Gasteiger charge is 2.60. The van der Waals surface area contributed by atoms with E-state index in [1.807, 2.05) is 6.07 Å². The molecule has 1 saturated carbocycles. The zero-order valence-corrected chi connectivity index (χ0v) is 17.6. The lowest BCUT2D eigenvalue weighted by Crippen LogP contribution is -2.43. The normalized spacial score (nSPS) is 16.2. The van der Waals surface area contributed by atoms with Crippen molar-refractivity contribution in [3.05, 3.63) is 69.5 Å². The number of hydrogen-bond donors (Lipinski definition) is 1. The first-order chi connectivity index (χ1) is 15.7. The van der Waals surface area contributed by atoms with Crippen LogP contribution in [0, 0.1) is 0 Å². The minimum absolute atomic E-state index is 0.0845. The number of pyridine rings is 1. The van der Waals surface area contributed by atoms with Crippen LogP contribution in [-0.4, -0.2) is 34.5 Å². The maximum absolute atomic E-state index is 13.1. The SMILES string of the molecule is CCOC(=O)c1c[nH]c2cc(-c3ccc4c(c3)CN(C(=O)C(F)(F)F)C43CC3)ccc2c1=O. The molecule has 3 aromatic rings. The summed E-state index contributed by atoms with van der Waals surface area (Å²) in [6, 6.07) is 10.5. The number of ether oxygens (including phenoxy) is 1. The average Bonchev–Trinajstić information content (AvgIpc) is 3.51. The molecule has 9 heteroatoms. The molecule has 1 fully saturated rings. The van der Waals surface area contributed by atoms with E-state index in [4.69, 9.17) is 4.74 Å². The second kappa shape index (κ2) is 7.19. The summed E-state index contributed by atoms with van der Waals surface area (Å²) < 4.78 is 44.2. The number of alkyl halides is 3. The topological polar surface area (TPSA) is 79.5 Å². The molecule has 0 unspecified atom stereocenters. The zero-order chi connectivity index (χ0) is 23.5. The Morgan fingerprint density at radius 1 is 1.12 bits per heavy atom. The van der Waals surface area contributed by atoms with E-state index in [9.17, 15) is 27.6 Å². The highest BCUT2D eigenvalue weighted by atomic mass is 19.4. The van der Waals surface area contributed by atoms with Crippen molar-refractivity contribution < 1.29 is 27.5 Å². The van der Waals surface area contributed by atoms with Crippen molar-refractivity contribution in [3.63, 3.8) is 0 Å². The number of aromatic nitrogens is 1. The van der Waals surface area contributed by atoms with Crippen molar-refractivity contribution in [1.82, 2.24) is 9.88 Å². The summed E-state index contributed by atoms with van der Waals surface area (Å²) in [5, 5.41) is 0.323. The second-order valence-corrected chi connectivity index (χ2v) is 8.30. The number of carbonyl (C=O) groups excluding carboxylic acids is 2. The van der Waals surface area contributed by atoms with Gasteiger partial charge >= 0.3 is 18.1 Å². The van der Waals surface area contributed by atoms with Gasteiger partial charge < -0.3 is 14.6 Å². The highest BCUT2D eigenvalue weighted by Crippen LogP contribution is 2.57. The molecule has 1 N–H and O–H groups in total. The predicted octanol–water partition coefficient (Wildman–Crippen LogP) is 4.27. The molecule has 2 heterocycles. The third-order valence-electron chi connectivity index (χ3n) is 6.37. The molecule has 1 spiro atoms. The summed E-state index contributed by atoms with van der Waals surface area (Å²) in [6.07, 6.45) is -2.57. The molecule has 1 aliphatic carbocycles. The molecule has 0 radical (unpaired) electrons. The molecular formula is C24H19F3N2O4. The number of amides is 1. The number of H-pyrrole nitrogens is 1. The lowest BCUT2D eigenvalue weighted by molar-refractivity contribution is -0.189. The minimum Gasteiger partial charge on any atom is -0.462 e. The van der Waals surface area contributed by atoms with Gasteiger partial charge in [-0.1, -0.05) is 18.2 Å².